The van der Waals surface area contributed by atoms with E-state index < -0.39 is 0 Å². The van der Waals surface area contributed by atoms with Crippen LogP contribution in [0.5, 0.6) is 0 Å². The second-order valence-electron chi connectivity index (χ2n) is 5.30. The smallest absolute Gasteiger partial charge is 0.272 e. The van der Waals surface area contributed by atoms with Crippen molar-refractivity contribution >= 4 is 5.69 Å². The number of ether oxygens (including phenoxy) is 1. The first kappa shape index (κ1) is 15.9. The Morgan fingerprint density at radius 1 is 1.38 bits per heavy atom. The molecule has 0 atom stereocenters. The molecule has 0 bridgehead atoms. The number of nitro benzene ring substituents is 1. The number of hydrogen-bond donors (Lipinski definition) is 1. The standard InChI is InChI=1S/C15H23N3O3/c1-13-14(4-2-5-15(13)18(19)20)12-16-6-3-7-17-8-10-21-11-9-17/h2,4-5,16H,3,6-12H2,1H3. The first-order valence-corrected chi connectivity index (χ1v) is 7.42. The van der Waals surface area contributed by atoms with Crippen molar-refractivity contribution in [2.75, 3.05) is 39.4 Å². The fraction of sp³-hybridized carbons (Fsp3) is 0.600. The quantitative estimate of drug-likeness (QED) is 0.471. The van der Waals surface area contributed by atoms with Gasteiger partial charge in [-0.1, -0.05) is 12.1 Å². The van der Waals surface area contributed by atoms with E-state index in [0.29, 0.717) is 6.54 Å². The van der Waals surface area contributed by atoms with Crippen LogP contribution in [0, 0.1) is 17.0 Å². The van der Waals surface area contributed by atoms with E-state index in [9.17, 15) is 10.1 Å². The highest BCUT2D eigenvalue weighted by Crippen LogP contribution is 2.20. The van der Waals surface area contributed by atoms with Crippen molar-refractivity contribution < 1.29 is 9.66 Å². The van der Waals surface area contributed by atoms with Crippen molar-refractivity contribution in [3.63, 3.8) is 0 Å². The minimum absolute atomic E-state index is 0.197. The second-order valence-corrected chi connectivity index (χ2v) is 5.30. The molecular formula is C15H23N3O3. The topological polar surface area (TPSA) is 67.6 Å². The average molecular weight is 293 g/mol. The number of rotatable bonds is 7. The molecule has 0 spiro atoms. The van der Waals surface area contributed by atoms with Gasteiger partial charge < -0.3 is 10.1 Å². The summed E-state index contributed by atoms with van der Waals surface area (Å²) in [6.45, 7) is 8.18. The lowest BCUT2D eigenvalue weighted by molar-refractivity contribution is -0.385. The Kier molecular flexibility index (Phi) is 6.10. The van der Waals surface area contributed by atoms with Crippen LogP contribution in [-0.2, 0) is 11.3 Å². The molecule has 0 unspecified atom stereocenters. The third kappa shape index (κ3) is 4.77. The van der Waals surface area contributed by atoms with Crippen LogP contribution in [0.2, 0.25) is 0 Å². The Balaban J connectivity index is 1.71. The second kappa shape index (κ2) is 8.07. The van der Waals surface area contributed by atoms with Gasteiger partial charge in [0.1, 0.15) is 0 Å². The van der Waals surface area contributed by atoms with Gasteiger partial charge in [0.25, 0.3) is 5.69 Å². The molecule has 0 aliphatic carbocycles. The number of nitrogens with one attached hydrogen (secondary N) is 1. The molecule has 21 heavy (non-hydrogen) atoms. The van der Waals surface area contributed by atoms with E-state index in [1.165, 1.54) is 0 Å². The Hall–Kier alpha value is -1.50. The zero-order chi connectivity index (χ0) is 15.1. The predicted octanol–water partition coefficient (Wildman–Crippen LogP) is 1.72. The van der Waals surface area contributed by atoms with Crippen molar-refractivity contribution in [2.24, 2.45) is 0 Å². The lowest BCUT2D eigenvalue weighted by atomic mass is 10.1. The number of benzene rings is 1. The van der Waals surface area contributed by atoms with Crippen LogP contribution in [0.15, 0.2) is 18.2 Å². The first-order valence-electron chi connectivity index (χ1n) is 7.42. The van der Waals surface area contributed by atoms with E-state index in [2.05, 4.69) is 10.2 Å². The van der Waals surface area contributed by atoms with Crippen LogP contribution in [0.1, 0.15) is 17.5 Å². The number of nitrogens with zero attached hydrogens (tertiary/aromatic N) is 2. The van der Waals surface area contributed by atoms with Gasteiger partial charge in [-0.15, -0.1) is 0 Å². The minimum Gasteiger partial charge on any atom is -0.379 e. The Morgan fingerprint density at radius 3 is 2.86 bits per heavy atom. The molecule has 1 aromatic rings. The number of morpholine rings is 1. The lowest BCUT2D eigenvalue weighted by Crippen LogP contribution is -2.37. The minimum atomic E-state index is -0.322. The molecule has 0 radical (unpaired) electrons. The molecule has 1 saturated heterocycles. The maximum absolute atomic E-state index is 10.9. The third-order valence-electron chi connectivity index (χ3n) is 3.86. The lowest BCUT2D eigenvalue weighted by Gasteiger charge is -2.26. The van der Waals surface area contributed by atoms with E-state index in [0.717, 1.165) is 56.9 Å². The summed E-state index contributed by atoms with van der Waals surface area (Å²) >= 11 is 0. The zero-order valence-corrected chi connectivity index (χ0v) is 12.5. The molecule has 1 aliphatic heterocycles. The highest BCUT2D eigenvalue weighted by Gasteiger charge is 2.13. The van der Waals surface area contributed by atoms with Crippen molar-refractivity contribution in [2.45, 2.75) is 19.9 Å². The van der Waals surface area contributed by atoms with Gasteiger partial charge in [0, 0.05) is 31.3 Å². The van der Waals surface area contributed by atoms with E-state index in [-0.39, 0.29) is 10.6 Å². The van der Waals surface area contributed by atoms with Gasteiger partial charge in [-0.05, 0) is 32.0 Å². The summed E-state index contributed by atoms with van der Waals surface area (Å²) in [5.74, 6) is 0. The molecule has 0 saturated carbocycles. The van der Waals surface area contributed by atoms with Gasteiger partial charge >= 0.3 is 0 Å². The zero-order valence-electron chi connectivity index (χ0n) is 12.5. The summed E-state index contributed by atoms with van der Waals surface area (Å²) in [5.41, 5.74) is 1.95. The predicted molar refractivity (Wildman–Crippen MR) is 81.4 cm³/mol. The molecule has 1 aromatic carbocycles. The van der Waals surface area contributed by atoms with Crippen molar-refractivity contribution in [1.29, 1.82) is 0 Å². The molecule has 1 aliphatic rings. The fourth-order valence-corrected chi connectivity index (χ4v) is 2.53. The summed E-state index contributed by atoms with van der Waals surface area (Å²) in [6.07, 6.45) is 1.08. The number of hydrogen-bond acceptors (Lipinski definition) is 5. The molecule has 1 fully saturated rings. The first-order chi connectivity index (χ1) is 10.2. The highest BCUT2D eigenvalue weighted by atomic mass is 16.6. The molecule has 1 heterocycles. The van der Waals surface area contributed by atoms with Crippen LogP contribution >= 0.6 is 0 Å². The van der Waals surface area contributed by atoms with Crippen LogP contribution in [0.4, 0.5) is 5.69 Å². The van der Waals surface area contributed by atoms with Crippen LogP contribution in [-0.4, -0.2) is 49.2 Å². The van der Waals surface area contributed by atoms with Crippen LogP contribution in [0.25, 0.3) is 0 Å². The van der Waals surface area contributed by atoms with Gasteiger partial charge in [0.05, 0.1) is 18.1 Å². The monoisotopic (exact) mass is 293 g/mol. The van der Waals surface area contributed by atoms with E-state index in [4.69, 9.17) is 4.74 Å². The van der Waals surface area contributed by atoms with Crippen LogP contribution < -0.4 is 5.32 Å². The van der Waals surface area contributed by atoms with Gasteiger partial charge in [-0.25, -0.2) is 0 Å². The Morgan fingerprint density at radius 2 is 2.14 bits per heavy atom. The molecule has 0 amide bonds. The van der Waals surface area contributed by atoms with E-state index in [1.54, 1.807) is 12.1 Å². The van der Waals surface area contributed by atoms with Gasteiger partial charge in [-0.2, -0.15) is 0 Å². The summed E-state index contributed by atoms with van der Waals surface area (Å²) in [7, 11) is 0. The third-order valence-corrected chi connectivity index (χ3v) is 3.86. The van der Waals surface area contributed by atoms with E-state index >= 15 is 0 Å². The maximum Gasteiger partial charge on any atom is 0.272 e. The SMILES string of the molecule is Cc1c(CNCCCN2CCOCC2)cccc1[N+](=O)[O-]. The average Bonchev–Trinajstić information content (AvgIpc) is 2.49. The van der Waals surface area contributed by atoms with Gasteiger partial charge in [0.15, 0.2) is 0 Å². The maximum atomic E-state index is 10.9. The molecule has 0 aromatic heterocycles. The summed E-state index contributed by atoms with van der Waals surface area (Å²) in [6, 6.07) is 5.24. The van der Waals surface area contributed by atoms with Gasteiger partial charge in [-0.3, -0.25) is 15.0 Å². The largest absolute Gasteiger partial charge is 0.379 e. The van der Waals surface area contributed by atoms with Crippen molar-refractivity contribution in [3.05, 3.63) is 39.4 Å². The van der Waals surface area contributed by atoms with E-state index in [1.807, 2.05) is 13.0 Å². The number of nitro groups is 1. The molecule has 6 nitrogen and oxygen atoms in total. The summed E-state index contributed by atoms with van der Waals surface area (Å²) in [5, 5.41) is 14.3. The van der Waals surface area contributed by atoms with Crippen LogP contribution in [0.3, 0.4) is 0 Å². The van der Waals surface area contributed by atoms with Gasteiger partial charge in [0.2, 0.25) is 0 Å². The highest BCUT2D eigenvalue weighted by molar-refractivity contribution is 5.44. The molecule has 116 valence electrons. The molecule has 2 rings (SSSR count). The fourth-order valence-electron chi connectivity index (χ4n) is 2.53. The molecule has 1 N–H and O–H groups in total. The summed E-state index contributed by atoms with van der Waals surface area (Å²) in [4.78, 5) is 13.0. The van der Waals surface area contributed by atoms with Crippen molar-refractivity contribution in [1.82, 2.24) is 10.2 Å². The summed E-state index contributed by atoms with van der Waals surface area (Å²) < 4.78 is 5.32. The normalized spacial score (nSPS) is 16.0. The van der Waals surface area contributed by atoms with Crippen molar-refractivity contribution in [3.8, 4) is 0 Å². The Labute approximate surface area is 125 Å². The molecule has 6 heteroatoms. The molecular weight excluding hydrogens is 270 g/mol. The Bertz CT molecular complexity index is 473.